The number of amides is 2. The number of rotatable bonds is 3. The summed E-state index contributed by atoms with van der Waals surface area (Å²) >= 11 is 0. The fourth-order valence-corrected chi connectivity index (χ4v) is 3.28. The molecule has 2 amide bonds. The van der Waals surface area contributed by atoms with Crippen molar-refractivity contribution in [3.05, 3.63) is 55.0 Å². The number of urea groups is 1. The molecule has 0 aliphatic carbocycles. The molecule has 1 N–H and O–H groups in total. The molecule has 0 atom stereocenters. The van der Waals surface area contributed by atoms with Crippen molar-refractivity contribution in [1.29, 1.82) is 0 Å². The third-order valence-electron chi connectivity index (χ3n) is 4.75. The molecule has 1 aromatic carbocycles. The van der Waals surface area contributed by atoms with Gasteiger partial charge in [-0.15, -0.1) is 0 Å². The van der Waals surface area contributed by atoms with E-state index in [0.717, 1.165) is 24.2 Å². The maximum absolute atomic E-state index is 12.5. The van der Waals surface area contributed by atoms with Gasteiger partial charge in [0, 0.05) is 49.2 Å². The first-order valence-corrected chi connectivity index (χ1v) is 8.88. The molecule has 0 bridgehead atoms. The molecule has 0 unspecified atom stereocenters. The van der Waals surface area contributed by atoms with Gasteiger partial charge >= 0.3 is 6.03 Å². The van der Waals surface area contributed by atoms with Gasteiger partial charge in [0.25, 0.3) is 0 Å². The maximum atomic E-state index is 12.5. The second kappa shape index (κ2) is 7.49. The highest BCUT2D eigenvalue weighted by Crippen LogP contribution is 2.26. The van der Waals surface area contributed by atoms with Crippen molar-refractivity contribution >= 4 is 28.2 Å². The van der Waals surface area contributed by atoms with Gasteiger partial charge in [-0.3, -0.25) is 4.98 Å². The Hall–Kier alpha value is -3.35. The lowest BCUT2D eigenvalue weighted by Crippen LogP contribution is -2.50. The maximum Gasteiger partial charge on any atom is 0.322 e. The number of hydrogen-bond acceptors (Lipinski definition) is 5. The number of carbonyl (C=O) groups excluding carboxylic acids is 1. The quantitative estimate of drug-likeness (QED) is 0.775. The molecule has 7 heteroatoms. The van der Waals surface area contributed by atoms with Crippen molar-refractivity contribution < 1.29 is 9.53 Å². The van der Waals surface area contributed by atoms with E-state index in [-0.39, 0.29) is 6.03 Å². The van der Waals surface area contributed by atoms with E-state index in [1.54, 1.807) is 25.4 Å². The summed E-state index contributed by atoms with van der Waals surface area (Å²) in [5.41, 5.74) is 1.77. The van der Waals surface area contributed by atoms with Gasteiger partial charge in [0.2, 0.25) is 5.88 Å². The molecule has 3 aromatic rings. The number of carbonyl (C=O) groups is 1. The molecule has 1 fully saturated rings. The van der Waals surface area contributed by atoms with Crippen LogP contribution >= 0.6 is 0 Å². The molecule has 0 radical (unpaired) electrons. The van der Waals surface area contributed by atoms with Gasteiger partial charge < -0.3 is 19.9 Å². The Bertz CT molecular complexity index is 931. The third-order valence-corrected chi connectivity index (χ3v) is 4.75. The Morgan fingerprint density at radius 1 is 1.04 bits per heavy atom. The number of hydrogen-bond donors (Lipinski definition) is 1. The van der Waals surface area contributed by atoms with Crippen LogP contribution in [0.15, 0.2) is 55.0 Å². The van der Waals surface area contributed by atoms with E-state index in [2.05, 4.69) is 32.3 Å². The summed E-state index contributed by atoms with van der Waals surface area (Å²) < 4.78 is 5.03. The summed E-state index contributed by atoms with van der Waals surface area (Å²) in [5.74, 6) is 0.519. The fourth-order valence-electron chi connectivity index (χ4n) is 3.28. The van der Waals surface area contributed by atoms with Gasteiger partial charge in [-0.25, -0.2) is 9.78 Å². The first kappa shape index (κ1) is 17.1. The SMILES string of the molecule is COc1ccc(NC(=O)N2CCN(c3cncc4ccccc34)CC2)cn1. The standard InChI is InChI=1S/C20H21N5O2/c1-27-19-7-6-16(13-22-19)23-20(26)25-10-8-24(9-11-25)18-14-21-12-15-4-2-3-5-17(15)18/h2-7,12-14H,8-11H2,1H3,(H,23,26). The second-order valence-electron chi connectivity index (χ2n) is 6.37. The summed E-state index contributed by atoms with van der Waals surface area (Å²) in [7, 11) is 1.56. The Balaban J connectivity index is 1.40. The van der Waals surface area contributed by atoms with Crippen LogP contribution in [-0.4, -0.2) is 54.2 Å². The van der Waals surface area contributed by atoms with Crippen LogP contribution in [0.3, 0.4) is 0 Å². The van der Waals surface area contributed by atoms with Crippen LogP contribution in [0.4, 0.5) is 16.2 Å². The summed E-state index contributed by atoms with van der Waals surface area (Å²) in [6, 6.07) is 11.6. The highest BCUT2D eigenvalue weighted by molar-refractivity contribution is 5.93. The van der Waals surface area contributed by atoms with Crippen molar-refractivity contribution in [2.24, 2.45) is 0 Å². The number of fused-ring (bicyclic) bond motifs is 1. The van der Waals surface area contributed by atoms with Crippen LogP contribution in [0.1, 0.15) is 0 Å². The molecule has 3 heterocycles. The van der Waals surface area contributed by atoms with Crippen molar-refractivity contribution in [3.8, 4) is 5.88 Å². The number of aromatic nitrogens is 2. The Morgan fingerprint density at radius 3 is 2.59 bits per heavy atom. The van der Waals surface area contributed by atoms with E-state index in [0.29, 0.717) is 24.7 Å². The molecule has 2 aromatic heterocycles. The minimum absolute atomic E-state index is 0.113. The number of methoxy groups -OCH3 is 1. The highest BCUT2D eigenvalue weighted by atomic mass is 16.5. The fraction of sp³-hybridized carbons (Fsp3) is 0.250. The van der Waals surface area contributed by atoms with Crippen LogP contribution in [-0.2, 0) is 0 Å². The lowest BCUT2D eigenvalue weighted by molar-refractivity contribution is 0.208. The monoisotopic (exact) mass is 363 g/mol. The zero-order valence-electron chi connectivity index (χ0n) is 15.1. The molecular weight excluding hydrogens is 342 g/mol. The van der Waals surface area contributed by atoms with Gasteiger partial charge in [-0.1, -0.05) is 24.3 Å². The van der Waals surface area contributed by atoms with Crippen molar-refractivity contribution in [3.63, 3.8) is 0 Å². The molecule has 1 aliphatic rings. The number of pyridine rings is 2. The highest BCUT2D eigenvalue weighted by Gasteiger charge is 2.22. The number of nitrogens with zero attached hydrogens (tertiary/aromatic N) is 4. The number of piperazine rings is 1. The molecule has 7 nitrogen and oxygen atoms in total. The number of nitrogens with one attached hydrogen (secondary N) is 1. The molecule has 0 spiro atoms. The minimum Gasteiger partial charge on any atom is -0.481 e. The van der Waals surface area contributed by atoms with Crippen LogP contribution in [0.25, 0.3) is 10.8 Å². The van der Waals surface area contributed by atoms with E-state index in [1.807, 2.05) is 29.4 Å². The average molecular weight is 363 g/mol. The van der Waals surface area contributed by atoms with E-state index in [4.69, 9.17) is 4.74 Å². The van der Waals surface area contributed by atoms with Crippen molar-refractivity contribution in [1.82, 2.24) is 14.9 Å². The van der Waals surface area contributed by atoms with Gasteiger partial charge in [0.05, 0.1) is 30.9 Å². The molecular formula is C20H21N5O2. The Kier molecular flexibility index (Phi) is 4.74. The van der Waals surface area contributed by atoms with E-state index in [1.165, 1.54) is 5.39 Å². The predicted molar refractivity (Wildman–Crippen MR) is 105 cm³/mol. The molecule has 4 rings (SSSR count). The number of ether oxygens (including phenoxy) is 1. The molecule has 27 heavy (non-hydrogen) atoms. The lowest BCUT2D eigenvalue weighted by atomic mass is 10.1. The van der Waals surface area contributed by atoms with Gasteiger partial charge in [-0.05, 0) is 6.07 Å². The summed E-state index contributed by atoms with van der Waals surface area (Å²) in [4.78, 5) is 25.1. The smallest absolute Gasteiger partial charge is 0.322 e. The van der Waals surface area contributed by atoms with Crippen molar-refractivity contribution in [2.75, 3.05) is 43.5 Å². The zero-order chi connectivity index (χ0) is 18.6. The van der Waals surface area contributed by atoms with Gasteiger partial charge in [0.1, 0.15) is 0 Å². The summed E-state index contributed by atoms with van der Waals surface area (Å²) in [5, 5.41) is 5.20. The number of anilines is 2. The van der Waals surface area contributed by atoms with Gasteiger partial charge in [-0.2, -0.15) is 0 Å². The summed E-state index contributed by atoms with van der Waals surface area (Å²) in [6.45, 7) is 2.84. The predicted octanol–water partition coefficient (Wildman–Crippen LogP) is 2.99. The second-order valence-corrected chi connectivity index (χ2v) is 6.37. The Morgan fingerprint density at radius 2 is 1.85 bits per heavy atom. The third kappa shape index (κ3) is 3.62. The van der Waals surface area contributed by atoms with Crippen molar-refractivity contribution in [2.45, 2.75) is 0 Å². The largest absolute Gasteiger partial charge is 0.481 e. The van der Waals surface area contributed by atoms with E-state index < -0.39 is 0 Å². The minimum atomic E-state index is -0.113. The normalized spacial score (nSPS) is 14.3. The molecule has 1 saturated heterocycles. The van der Waals surface area contributed by atoms with E-state index in [9.17, 15) is 4.79 Å². The van der Waals surface area contributed by atoms with Crippen LogP contribution in [0, 0.1) is 0 Å². The molecule has 1 aliphatic heterocycles. The zero-order valence-corrected chi connectivity index (χ0v) is 15.1. The molecule has 0 saturated carbocycles. The number of benzene rings is 1. The first-order valence-electron chi connectivity index (χ1n) is 8.88. The Labute approximate surface area is 157 Å². The van der Waals surface area contributed by atoms with E-state index >= 15 is 0 Å². The summed E-state index contributed by atoms with van der Waals surface area (Å²) in [6.07, 6.45) is 5.38. The average Bonchev–Trinajstić information content (AvgIpc) is 2.74. The van der Waals surface area contributed by atoms with Crippen LogP contribution in [0.2, 0.25) is 0 Å². The topological polar surface area (TPSA) is 70.6 Å². The van der Waals surface area contributed by atoms with Crippen LogP contribution in [0.5, 0.6) is 5.88 Å². The van der Waals surface area contributed by atoms with Crippen LogP contribution < -0.4 is 15.0 Å². The molecule has 138 valence electrons. The van der Waals surface area contributed by atoms with Gasteiger partial charge in [0.15, 0.2) is 0 Å². The first-order chi connectivity index (χ1) is 13.2. The lowest BCUT2D eigenvalue weighted by Gasteiger charge is -2.36.